The highest BCUT2D eigenvalue weighted by Crippen LogP contribution is 2.27. The van der Waals surface area contributed by atoms with Crippen LogP contribution in [0, 0.1) is 0 Å². The number of H-pyrrole nitrogens is 1. The van der Waals surface area contributed by atoms with Gasteiger partial charge in [-0.25, -0.2) is 9.78 Å². The molecule has 0 fully saturated rings. The van der Waals surface area contributed by atoms with E-state index < -0.39 is 0 Å². The van der Waals surface area contributed by atoms with Crippen molar-refractivity contribution >= 4 is 11.9 Å². The summed E-state index contributed by atoms with van der Waals surface area (Å²) in [5.74, 6) is 0.241. The van der Waals surface area contributed by atoms with Gasteiger partial charge in [-0.05, 0) is 24.1 Å². The number of hydrogen-bond acceptors (Lipinski definition) is 4. The largest absolute Gasteiger partial charge is 0.465 e. The van der Waals surface area contributed by atoms with Crippen LogP contribution < -0.4 is 5.32 Å². The Morgan fingerprint density at radius 1 is 1.11 bits per heavy atom. The van der Waals surface area contributed by atoms with Crippen molar-refractivity contribution in [2.75, 3.05) is 13.7 Å². The van der Waals surface area contributed by atoms with E-state index in [1.807, 2.05) is 18.2 Å². The van der Waals surface area contributed by atoms with E-state index in [1.54, 1.807) is 24.3 Å². The lowest BCUT2D eigenvalue weighted by atomic mass is 9.94. The Kier molecular flexibility index (Phi) is 4.46. The number of imidazole rings is 1. The van der Waals surface area contributed by atoms with Crippen LogP contribution >= 0.6 is 0 Å². The fourth-order valence-electron chi connectivity index (χ4n) is 3.34. The molecule has 1 aromatic heterocycles. The topological polar surface area (TPSA) is 84.1 Å². The zero-order valence-electron chi connectivity index (χ0n) is 14.9. The average Bonchev–Trinajstić information content (AvgIpc) is 3.08. The van der Waals surface area contributed by atoms with E-state index in [2.05, 4.69) is 27.4 Å². The van der Waals surface area contributed by atoms with E-state index in [0.29, 0.717) is 30.0 Å². The van der Waals surface area contributed by atoms with Crippen molar-refractivity contribution in [3.8, 4) is 11.4 Å². The number of rotatable bonds is 3. The normalized spacial score (nSPS) is 16.2. The number of amides is 1. The maximum Gasteiger partial charge on any atom is 0.337 e. The number of carbonyl (C=O) groups is 2. The number of esters is 1. The number of aromatic amines is 1. The summed E-state index contributed by atoms with van der Waals surface area (Å²) >= 11 is 0. The molecule has 3 aromatic rings. The van der Waals surface area contributed by atoms with Crippen LogP contribution in [-0.4, -0.2) is 35.5 Å². The van der Waals surface area contributed by atoms with E-state index in [-0.39, 0.29) is 17.8 Å². The van der Waals surface area contributed by atoms with E-state index >= 15 is 0 Å². The van der Waals surface area contributed by atoms with E-state index in [4.69, 9.17) is 4.74 Å². The van der Waals surface area contributed by atoms with Crippen LogP contribution in [0.2, 0.25) is 0 Å². The number of aromatic nitrogens is 2. The molecule has 6 nitrogen and oxygen atoms in total. The number of ether oxygens (including phenoxy) is 1. The zero-order chi connectivity index (χ0) is 18.8. The minimum atomic E-state index is -0.387. The lowest BCUT2D eigenvalue weighted by molar-refractivity contribution is 0.0600. The number of benzene rings is 2. The van der Waals surface area contributed by atoms with E-state index in [9.17, 15) is 9.59 Å². The second-order valence-electron chi connectivity index (χ2n) is 6.50. The third-order valence-corrected chi connectivity index (χ3v) is 4.80. The van der Waals surface area contributed by atoms with Crippen LogP contribution in [0.25, 0.3) is 11.4 Å². The van der Waals surface area contributed by atoms with E-state index in [1.165, 1.54) is 12.7 Å². The highest BCUT2D eigenvalue weighted by molar-refractivity contribution is 5.94. The van der Waals surface area contributed by atoms with Crippen molar-refractivity contribution in [2.45, 2.75) is 12.3 Å². The summed E-state index contributed by atoms with van der Waals surface area (Å²) in [6, 6.07) is 17.1. The SMILES string of the molecule is COC(=O)c1ccc(-c2nc3c([nH]2)CC(c2ccccc2)CNC3=O)cc1. The van der Waals surface area contributed by atoms with Crippen molar-refractivity contribution in [3.05, 3.63) is 77.1 Å². The van der Waals surface area contributed by atoms with E-state index in [0.717, 1.165) is 11.3 Å². The molecule has 6 heteroatoms. The standard InChI is InChI=1S/C21H19N3O3/c1-27-21(26)15-9-7-14(8-10-15)19-23-17-11-16(13-5-3-2-4-6-13)12-22-20(25)18(17)24-19/h2-10,16H,11-12H2,1H3,(H,22,25)(H,23,24). The van der Waals surface area contributed by atoms with Crippen LogP contribution in [0.4, 0.5) is 0 Å². The Balaban J connectivity index is 1.64. The Morgan fingerprint density at radius 3 is 2.56 bits per heavy atom. The van der Waals surface area contributed by atoms with Gasteiger partial charge in [0.2, 0.25) is 0 Å². The quantitative estimate of drug-likeness (QED) is 0.703. The second kappa shape index (κ2) is 7.07. The lowest BCUT2D eigenvalue weighted by Crippen LogP contribution is -2.26. The van der Waals surface area contributed by atoms with Crippen molar-refractivity contribution in [3.63, 3.8) is 0 Å². The van der Waals surface area contributed by atoms with Gasteiger partial charge >= 0.3 is 5.97 Å². The number of nitrogens with zero attached hydrogens (tertiary/aromatic N) is 1. The molecule has 0 saturated heterocycles. The maximum absolute atomic E-state index is 12.5. The van der Waals surface area contributed by atoms with Gasteiger partial charge in [0, 0.05) is 23.7 Å². The second-order valence-corrected chi connectivity index (χ2v) is 6.50. The van der Waals surface area contributed by atoms with Gasteiger partial charge in [0.25, 0.3) is 5.91 Å². The van der Waals surface area contributed by atoms with Gasteiger partial charge in [0.05, 0.1) is 12.7 Å². The predicted molar refractivity (Wildman–Crippen MR) is 101 cm³/mol. The lowest BCUT2D eigenvalue weighted by Gasteiger charge is -2.14. The molecule has 2 N–H and O–H groups in total. The molecule has 1 unspecified atom stereocenters. The molecule has 27 heavy (non-hydrogen) atoms. The molecule has 136 valence electrons. The Morgan fingerprint density at radius 2 is 1.85 bits per heavy atom. The third kappa shape index (κ3) is 3.33. The Hall–Kier alpha value is -3.41. The maximum atomic E-state index is 12.5. The number of hydrogen-bond donors (Lipinski definition) is 2. The highest BCUT2D eigenvalue weighted by Gasteiger charge is 2.26. The minimum Gasteiger partial charge on any atom is -0.465 e. The fourth-order valence-corrected chi connectivity index (χ4v) is 3.34. The summed E-state index contributed by atoms with van der Waals surface area (Å²) in [5, 5.41) is 2.96. The molecular formula is C21H19N3O3. The van der Waals surface area contributed by atoms with Crippen LogP contribution in [-0.2, 0) is 11.2 Å². The van der Waals surface area contributed by atoms with Gasteiger partial charge in [-0.2, -0.15) is 0 Å². The first kappa shape index (κ1) is 17.0. The third-order valence-electron chi connectivity index (χ3n) is 4.80. The first-order valence-electron chi connectivity index (χ1n) is 8.76. The minimum absolute atomic E-state index is 0.169. The summed E-state index contributed by atoms with van der Waals surface area (Å²) in [7, 11) is 1.35. The molecular weight excluding hydrogens is 342 g/mol. The molecule has 4 rings (SSSR count). The monoisotopic (exact) mass is 361 g/mol. The van der Waals surface area contributed by atoms with Crippen molar-refractivity contribution < 1.29 is 14.3 Å². The summed E-state index contributed by atoms with van der Waals surface area (Å²) in [4.78, 5) is 31.8. The molecule has 1 amide bonds. The number of methoxy groups -OCH3 is 1. The first-order chi connectivity index (χ1) is 13.2. The van der Waals surface area contributed by atoms with Gasteiger partial charge < -0.3 is 15.0 Å². The van der Waals surface area contributed by atoms with Gasteiger partial charge in [-0.15, -0.1) is 0 Å². The molecule has 0 spiro atoms. The summed E-state index contributed by atoms with van der Waals surface area (Å²) in [6.45, 7) is 0.580. The van der Waals surface area contributed by atoms with Crippen molar-refractivity contribution in [2.24, 2.45) is 0 Å². The highest BCUT2D eigenvalue weighted by atomic mass is 16.5. The van der Waals surface area contributed by atoms with Crippen molar-refractivity contribution in [1.82, 2.24) is 15.3 Å². The molecule has 0 radical (unpaired) electrons. The van der Waals surface area contributed by atoms with Crippen LogP contribution in [0.1, 0.15) is 38.0 Å². The molecule has 2 aromatic carbocycles. The number of nitrogens with one attached hydrogen (secondary N) is 2. The van der Waals surface area contributed by atoms with Gasteiger partial charge in [-0.3, -0.25) is 4.79 Å². The van der Waals surface area contributed by atoms with Crippen molar-refractivity contribution in [1.29, 1.82) is 0 Å². The summed E-state index contributed by atoms with van der Waals surface area (Å²) in [5.41, 5.74) is 3.71. The Labute approximate surface area is 156 Å². The van der Waals surface area contributed by atoms with Crippen LogP contribution in [0.5, 0.6) is 0 Å². The zero-order valence-corrected chi connectivity index (χ0v) is 14.9. The number of fused-ring (bicyclic) bond motifs is 1. The van der Waals surface area contributed by atoms with Gasteiger partial charge in [0.15, 0.2) is 0 Å². The molecule has 1 aliphatic heterocycles. The summed E-state index contributed by atoms with van der Waals surface area (Å²) < 4.78 is 4.71. The molecule has 0 saturated carbocycles. The molecule has 1 aliphatic rings. The van der Waals surface area contributed by atoms with Crippen LogP contribution in [0.3, 0.4) is 0 Å². The molecule has 2 heterocycles. The van der Waals surface area contributed by atoms with Gasteiger partial charge in [-0.1, -0.05) is 42.5 Å². The average molecular weight is 361 g/mol. The Bertz CT molecular complexity index is 978. The van der Waals surface area contributed by atoms with Gasteiger partial charge in [0.1, 0.15) is 11.5 Å². The molecule has 0 bridgehead atoms. The number of carbonyl (C=O) groups excluding carboxylic acids is 2. The van der Waals surface area contributed by atoms with Crippen LogP contribution in [0.15, 0.2) is 54.6 Å². The summed E-state index contributed by atoms with van der Waals surface area (Å²) in [6.07, 6.45) is 0.700. The fraction of sp³-hybridized carbons (Fsp3) is 0.190. The smallest absolute Gasteiger partial charge is 0.337 e. The first-order valence-corrected chi connectivity index (χ1v) is 8.76. The predicted octanol–water partition coefficient (Wildman–Crippen LogP) is 2.93. The molecule has 1 atom stereocenters. The molecule has 0 aliphatic carbocycles.